The highest BCUT2D eigenvalue weighted by Gasteiger charge is 2.31. The quantitative estimate of drug-likeness (QED) is 0.682. The number of hydrogen-bond acceptors (Lipinski definition) is 4. The van der Waals surface area contributed by atoms with Gasteiger partial charge in [-0.25, -0.2) is 0 Å². The van der Waals surface area contributed by atoms with E-state index in [0.717, 1.165) is 37.1 Å². The number of carbonyl (C=O) groups excluding carboxylic acids is 1. The van der Waals surface area contributed by atoms with Gasteiger partial charge in [0.15, 0.2) is 6.04 Å². The molecular formula is C22H25N5O. The van der Waals surface area contributed by atoms with E-state index in [0.29, 0.717) is 11.7 Å². The number of carbonyl (C=O) groups is 1. The van der Waals surface area contributed by atoms with Crippen LogP contribution in [-0.4, -0.2) is 44.1 Å². The Balaban J connectivity index is 1.66. The highest BCUT2D eigenvalue weighted by atomic mass is 16.2. The van der Waals surface area contributed by atoms with Gasteiger partial charge < -0.3 is 4.90 Å². The summed E-state index contributed by atoms with van der Waals surface area (Å²) in [7, 11) is 0. The molecule has 0 saturated carbocycles. The van der Waals surface area contributed by atoms with Gasteiger partial charge in [0.2, 0.25) is 5.82 Å². The molecule has 0 bridgehead atoms. The van der Waals surface area contributed by atoms with Crippen molar-refractivity contribution in [3.8, 4) is 11.4 Å². The molecule has 0 N–H and O–H groups in total. The highest BCUT2D eigenvalue weighted by molar-refractivity contribution is 5.83. The second-order valence-electron chi connectivity index (χ2n) is 7.56. The van der Waals surface area contributed by atoms with Crippen LogP contribution in [0.25, 0.3) is 11.4 Å². The molecule has 1 aliphatic rings. The van der Waals surface area contributed by atoms with Gasteiger partial charge in [-0.3, -0.25) is 4.79 Å². The maximum atomic E-state index is 13.2. The molecule has 1 atom stereocenters. The SMILES string of the molecule is CC(C)c1ccc(-c2nnn([C@H](C(=O)N3CCCC3)c3ccccc3)n2)cc1. The third-order valence-electron chi connectivity index (χ3n) is 5.26. The van der Waals surface area contributed by atoms with Crippen molar-refractivity contribution < 1.29 is 4.79 Å². The molecule has 144 valence electrons. The molecular weight excluding hydrogens is 350 g/mol. The molecule has 1 amide bonds. The number of likely N-dealkylation sites (tertiary alicyclic amines) is 1. The van der Waals surface area contributed by atoms with Crippen LogP contribution in [0.4, 0.5) is 0 Å². The summed E-state index contributed by atoms with van der Waals surface area (Å²) in [6.07, 6.45) is 2.09. The van der Waals surface area contributed by atoms with Crippen molar-refractivity contribution in [3.63, 3.8) is 0 Å². The minimum atomic E-state index is -0.588. The topological polar surface area (TPSA) is 63.9 Å². The number of tetrazole rings is 1. The molecule has 6 heteroatoms. The van der Waals surface area contributed by atoms with Crippen molar-refractivity contribution in [2.24, 2.45) is 0 Å². The van der Waals surface area contributed by atoms with Crippen LogP contribution in [0.3, 0.4) is 0 Å². The van der Waals surface area contributed by atoms with Gasteiger partial charge in [-0.05, 0) is 35.1 Å². The van der Waals surface area contributed by atoms with Gasteiger partial charge in [0, 0.05) is 18.7 Å². The average molecular weight is 375 g/mol. The van der Waals surface area contributed by atoms with Crippen molar-refractivity contribution in [1.29, 1.82) is 0 Å². The Labute approximate surface area is 165 Å². The summed E-state index contributed by atoms with van der Waals surface area (Å²) in [5, 5.41) is 13.0. The second-order valence-corrected chi connectivity index (χ2v) is 7.56. The molecule has 0 aliphatic carbocycles. The van der Waals surface area contributed by atoms with Crippen molar-refractivity contribution in [1.82, 2.24) is 25.1 Å². The van der Waals surface area contributed by atoms with Gasteiger partial charge in [-0.2, -0.15) is 0 Å². The molecule has 0 radical (unpaired) electrons. The van der Waals surface area contributed by atoms with Crippen molar-refractivity contribution in [2.45, 2.75) is 38.6 Å². The first-order valence-corrected chi connectivity index (χ1v) is 9.87. The molecule has 2 aromatic carbocycles. The minimum Gasteiger partial charge on any atom is -0.340 e. The van der Waals surface area contributed by atoms with Crippen LogP contribution in [0.15, 0.2) is 54.6 Å². The van der Waals surface area contributed by atoms with Crippen LogP contribution < -0.4 is 0 Å². The molecule has 28 heavy (non-hydrogen) atoms. The first-order valence-electron chi connectivity index (χ1n) is 9.87. The predicted molar refractivity (Wildman–Crippen MR) is 108 cm³/mol. The fourth-order valence-corrected chi connectivity index (χ4v) is 3.59. The standard InChI is InChI=1S/C22H25N5O/c1-16(2)17-10-12-19(13-11-17)21-23-25-27(24-21)20(18-8-4-3-5-9-18)22(28)26-14-6-7-15-26/h3-5,8-13,16,20H,6-7,14-15H2,1-2H3/t20-/m0/s1. The van der Waals surface area contributed by atoms with Crippen LogP contribution in [0.2, 0.25) is 0 Å². The van der Waals surface area contributed by atoms with Crippen molar-refractivity contribution >= 4 is 5.91 Å². The number of amides is 1. The molecule has 0 spiro atoms. The number of hydrogen-bond donors (Lipinski definition) is 0. The number of nitrogens with zero attached hydrogens (tertiary/aromatic N) is 5. The molecule has 1 saturated heterocycles. The molecule has 1 aromatic heterocycles. The van der Waals surface area contributed by atoms with Crippen LogP contribution in [0.5, 0.6) is 0 Å². The first-order chi connectivity index (χ1) is 13.6. The smallest absolute Gasteiger partial charge is 0.254 e. The van der Waals surface area contributed by atoms with Crippen LogP contribution >= 0.6 is 0 Å². The third kappa shape index (κ3) is 3.67. The summed E-state index contributed by atoms with van der Waals surface area (Å²) in [6, 6.07) is 17.3. The van der Waals surface area contributed by atoms with Crippen molar-refractivity contribution in [3.05, 3.63) is 65.7 Å². The average Bonchev–Trinajstić information content (AvgIpc) is 3.42. The molecule has 2 heterocycles. The largest absolute Gasteiger partial charge is 0.340 e. The zero-order valence-corrected chi connectivity index (χ0v) is 16.3. The molecule has 4 rings (SSSR count). The van der Waals surface area contributed by atoms with E-state index < -0.39 is 6.04 Å². The zero-order valence-electron chi connectivity index (χ0n) is 16.3. The Morgan fingerprint density at radius 2 is 1.61 bits per heavy atom. The maximum absolute atomic E-state index is 13.2. The maximum Gasteiger partial charge on any atom is 0.254 e. The van der Waals surface area contributed by atoms with E-state index in [1.165, 1.54) is 10.4 Å². The molecule has 1 aliphatic heterocycles. The number of benzene rings is 2. The third-order valence-corrected chi connectivity index (χ3v) is 5.26. The summed E-state index contributed by atoms with van der Waals surface area (Å²) in [6.45, 7) is 5.91. The Morgan fingerprint density at radius 1 is 0.929 bits per heavy atom. The first kappa shape index (κ1) is 18.3. The Kier molecular flexibility index (Phi) is 5.19. The van der Waals surface area contributed by atoms with Gasteiger partial charge in [-0.1, -0.05) is 68.4 Å². The summed E-state index contributed by atoms with van der Waals surface area (Å²) < 4.78 is 0. The Morgan fingerprint density at radius 3 is 2.25 bits per heavy atom. The lowest BCUT2D eigenvalue weighted by atomic mass is 10.0. The van der Waals surface area contributed by atoms with E-state index in [4.69, 9.17) is 0 Å². The molecule has 3 aromatic rings. The van der Waals surface area contributed by atoms with E-state index in [9.17, 15) is 4.79 Å². The number of aromatic nitrogens is 4. The molecule has 6 nitrogen and oxygen atoms in total. The second kappa shape index (κ2) is 7.92. The van der Waals surface area contributed by atoms with E-state index in [1.807, 2.05) is 47.4 Å². The number of rotatable bonds is 5. The summed E-state index contributed by atoms with van der Waals surface area (Å²) in [5.41, 5.74) is 3.04. The van der Waals surface area contributed by atoms with Gasteiger partial charge in [0.25, 0.3) is 5.91 Å². The molecule has 0 unspecified atom stereocenters. The van der Waals surface area contributed by atoms with E-state index in [-0.39, 0.29) is 5.91 Å². The molecule has 1 fully saturated rings. The Bertz CT molecular complexity index is 927. The Hall–Kier alpha value is -3.02. The van der Waals surface area contributed by atoms with Crippen LogP contribution in [0.1, 0.15) is 49.8 Å². The van der Waals surface area contributed by atoms with Crippen LogP contribution in [0, 0.1) is 0 Å². The lowest BCUT2D eigenvalue weighted by molar-refractivity contribution is -0.133. The monoisotopic (exact) mass is 375 g/mol. The van der Waals surface area contributed by atoms with Gasteiger partial charge in [0.1, 0.15) is 0 Å². The van der Waals surface area contributed by atoms with Gasteiger partial charge in [0.05, 0.1) is 0 Å². The highest BCUT2D eigenvalue weighted by Crippen LogP contribution is 2.24. The summed E-state index contributed by atoms with van der Waals surface area (Å²) in [5.74, 6) is 1.03. The van der Waals surface area contributed by atoms with Gasteiger partial charge in [-0.15, -0.1) is 15.0 Å². The van der Waals surface area contributed by atoms with Gasteiger partial charge >= 0.3 is 0 Å². The van der Waals surface area contributed by atoms with E-state index in [2.05, 4.69) is 41.4 Å². The fourth-order valence-electron chi connectivity index (χ4n) is 3.59. The summed E-state index contributed by atoms with van der Waals surface area (Å²) >= 11 is 0. The predicted octanol–water partition coefficient (Wildman–Crippen LogP) is 3.68. The minimum absolute atomic E-state index is 0.0304. The fraction of sp³-hybridized carbons (Fsp3) is 0.364. The van der Waals surface area contributed by atoms with E-state index in [1.54, 1.807) is 0 Å². The zero-order chi connectivity index (χ0) is 19.5. The lowest BCUT2D eigenvalue weighted by Gasteiger charge is -2.22. The van der Waals surface area contributed by atoms with Crippen molar-refractivity contribution in [2.75, 3.05) is 13.1 Å². The lowest BCUT2D eigenvalue weighted by Crippen LogP contribution is -2.36. The van der Waals surface area contributed by atoms with Crippen LogP contribution in [-0.2, 0) is 4.79 Å². The summed E-state index contributed by atoms with van der Waals surface area (Å²) in [4.78, 5) is 16.6. The normalized spacial score (nSPS) is 15.2. The van der Waals surface area contributed by atoms with E-state index >= 15 is 0 Å².